The van der Waals surface area contributed by atoms with Crippen LogP contribution in [0.2, 0.25) is 0 Å². The Balaban J connectivity index is 3.13. The van der Waals surface area contributed by atoms with Crippen molar-refractivity contribution in [3.8, 4) is 0 Å². The molecule has 0 aliphatic heterocycles. The molecule has 0 fully saturated rings. The van der Waals surface area contributed by atoms with E-state index in [-0.39, 0.29) is 0 Å². The Morgan fingerprint density at radius 2 is 2.25 bits per heavy atom. The summed E-state index contributed by atoms with van der Waals surface area (Å²) in [6, 6.07) is 5.51. The van der Waals surface area contributed by atoms with Crippen molar-refractivity contribution in [3.05, 3.63) is 32.9 Å². The Morgan fingerprint density at radius 1 is 1.58 bits per heavy atom. The van der Waals surface area contributed by atoms with Gasteiger partial charge >= 0.3 is 5.97 Å². The van der Waals surface area contributed by atoms with Gasteiger partial charge in [0.25, 0.3) is 0 Å². The number of aryl methyl sites for hydroxylation is 1. The minimum absolute atomic E-state index is 0.507. The number of hydrogen-bond acceptors (Lipinski definition) is 2. The Hall–Kier alpha value is -0.290. The molecule has 64 valence electrons. The molecule has 1 aromatic rings. The monoisotopic (exact) mass is 296 g/mol. The summed E-state index contributed by atoms with van der Waals surface area (Å²) in [6.45, 7) is 1.83. The molecule has 0 atom stereocenters. The van der Waals surface area contributed by atoms with E-state index in [9.17, 15) is 4.79 Å². The van der Waals surface area contributed by atoms with Gasteiger partial charge in [-0.15, -0.1) is 0 Å². The molecule has 0 spiro atoms. The topological polar surface area (TPSA) is 26.3 Å². The van der Waals surface area contributed by atoms with Crippen LogP contribution in [0.3, 0.4) is 0 Å². The van der Waals surface area contributed by atoms with Crippen LogP contribution >= 0.6 is 34.5 Å². The summed E-state index contributed by atoms with van der Waals surface area (Å²) in [5, 5.41) is 0. The maximum atomic E-state index is 11.0. The highest BCUT2D eigenvalue weighted by atomic mass is 127. The highest BCUT2D eigenvalue weighted by Gasteiger charge is 2.09. The van der Waals surface area contributed by atoms with Crippen molar-refractivity contribution >= 4 is 40.4 Å². The van der Waals surface area contributed by atoms with Gasteiger partial charge in [-0.2, -0.15) is 0 Å². The fourth-order valence-corrected chi connectivity index (χ4v) is 1.43. The van der Waals surface area contributed by atoms with Crippen LogP contribution in [0.25, 0.3) is 0 Å². The van der Waals surface area contributed by atoms with Crippen molar-refractivity contribution in [2.45, 2.75) is 6.92 Å². The summed E-state index contributed by atoms with van der Waals surface area (Å²) >= 11 is 7.08. The molecule has 0 radical (unpaired) electrons. The van der Waals surface area contributed by atoms with E-state index in [0.717, 1.165) is 9.13 Å². The van der Waals surface area contributed by atoms with Crippen LogP contribution in [0.4, 0.5) is 0 Å². The largest absolute Gasteiger partial charge is 0.356 e. The molecule has 0 saturated heterocycles. The van der Waals surface area contributed by atoms with E-state index in [2.05, 4.69) is 26.9 Å². The quantitative estimate of drug-likeness (QED) is 0.745. The molecule has 2 nitrogen and oxygen atoms in total. The van der Waals surface area contributed by atoms with E-state index >= 15 is 0 Å². The van der Waals surface area contributed by atoms with E-state index < -0.39 is 5.97 Å². The average Bonchev–Trinajstić information content (AvgIpc) is 2.08. The molecular formula is C8H6ClIO2. The molecular weight excluding hydrogens is 290 g/mol. The second kappa shape index (κ2) is 4.09. The molecule has 0 unspecified atom stereocenters. The summed E-state index contributed by atoms with van der Waals surface area (Å²) in [7, 11) is 0. The predicted molar refractivity (Wildman–Crippen MR) is 55.2 cm³/mol. The first kappa shape index (κ1) is 9.80. The first-order valence-corrected chi connectivity index (χ1v) is 4.63. The van der Waals surface area contributed by atoms with Gasteiger partial charge in [0.15, 0.2) is 0 Å². The molecule has 0 bridgehead atoms. The van der Waals surface area contributed by atoms with Gasteiger partial charge < -0.3 is 4.29 Å². The van der Waals surface area contributed by atoms with Crippen LogP contribution in [-0.4, -0.2) is 5.97 Å². The Morgan fingerprint density at radius 3 is 2.83 bits per heavy atom. The zero-order valence-corrected chi connectivity index (χ0v) is 9.22. The Kier molecular flexibility index (Phi) is 3.34. The van der Waals surface area contributed by atoms with Crippen molar-refractivity contribution in [1.29, 1.82) is 0 Å². The van der Waals surface area contributed by atoms with E-state index in [0.29, 0.717) is 5.56 Å². The van der Waals surface area contributed by atoms with Crippen molar-refractivity contribution in [2.75, 3.05) is 0 Å². The number of hydrogen-bond donors (Lipinski definition) is 0. The van der Waals surface area contributed by atoms with Crippen LogP contribution in [0.5, 0.6) is 0 Å². The molecule has 1 rings (SSSR count). The molecule has 0 aromatic heterocycles. The minimum atomic E-state index is -0.507. The normalized spacial score (nSPS) is 9.58. The van der Waals surface area contributed by atoms with Crippen LogP contribution < -0.4 is 0 Å². The smallest absolute Gasteiger partial charge is 0.343 e. The van der Waals surface area contributed by atoms with Gasteiger partial charge in [0.2, 0.25) is 0 Å². The fraction of sp³-hybridized carbons (Fsp3) is 0.125. The van der Waals surface area contributed by atoms with E-state index in [1.165, 1.54) is 0 Å². The molecule has 12 heavy (non-hydrogen) atoms. The first-order chi connectivity index (χ1) is 5.65. The van der Waals surface area contributed by atoms with Gasteiger partial charge in [0.05, 0.1) is 5.56 Å². The van der Waals surface area contributed by atoms with Crippen molar-refractivity contribution in [2.24, 2.45) is 0 Å². The van der Waals surface area contributed by atoms with Crippen molar-refractivity contribution < 1.29 is 9.08 Å². The standard InChI is InChI=1S/C8H6ClIO2/c1-5-2-3-6(10)4-7(5)8(11)12-9/h2-4H,1H3. The number of halogens is 2. The number of carbonyl (C=O) groups is 1. The zero-order valence-electron chi connectivity index (χ0n) is 6.30. The third kappa shape index (κ3) is 2.10. The Bertz CT molecular complexity index is 312. The minimum Gasteiger partial charge on any atom is -0.343 e. The summed E-state index contributed by atoms with van der Waals surface area (Å²) in [5.41, 5.74) is 1.37. The van der Waals surface area contributed by atoms with Gasteiger partial charge in [0, 0.05) is 3.57 Å². The van der Waals surface area contributed by atoms with Crippen LogP contribution in [0.15, 0.2) is 18.2 Å². The van der Waals surface area contributed by atoms with Crippen molar-refractivity contribution in [3.63, 3.8) is 0 Å². The summed E-state index contributed by atoms with van der Waals surface area (Å²) in [5.74, 6) is -0.507. The van der Waals surface area contributed by atoms with Gasteiger partial charge in [-0.25, -0.2) is 4.79 Å². The summed E-state index contributed by atoms with van der Waals surface area (Å²) < 4.78 is 5.08. The fourth-order valence-electron chi connectivity index (χ4n) is 0.856. The molecule has 0 N–H and O–H groups in total. The van der Waals surface area contributed by atoms with Gasteiger partial charge in [-0.3, -0.25) is 0 Å². The number of rotatable bonds is 1. The lowest BCUT2D eigenvalue weighted by molar-refractivity contribution is 0.0750. The van der Waals surface area contributed by atoms with Gasteiger partial charge in [0.1, 0.15) is 11.9 Å². The SMILES string of the molecule is Cc1ccc(I)cc1C(=O)OCl. The lowest BCUT2D eigenvalue weighted by Crippen LogP contribution is -2.01. The zero-order chi connectivity index (χ0) is 9.14. The predicted octanol–water partition coefficient (Wildman–Crippen LogP) is 2.91. The average molecular weight is 296 g/mol. The highest BCUT2D eigenvalue weighted by Crippen LogP contribution is 2.14. The lowest BCUT2D eigenvalue weighted by Gasteiger charge is -2.01. The number of carbonyl (C=O) groups excluding carboxylic acids is 1. The molecule has 4 heteroatoms. The highest BCUT2D eigenvalue weighted by molar-refractivity contribution is 14.1. The summed E-state index contributed by atoms with van der Waals surface area (Å²) in [4.78, 5) is 11.0. The van der Waals surface area contributed by atoms with E-state index in [1.54, 1.807) is 6.07 Å². The maximum absolute atomic E-state index is 11.0. The molecule has 0 saturated carbocycles. The molecule has 1 aromatic carbocycles. The Labute approximate surface area is 89.2 Å². The second-order valence-electron chi connectivity index (χ2n) is 2.32. The van der Waals surface area contributed by atoms with Gasteiger partial charge in [-0.05, 0) is 47.2 Å². The van der Waals surface area contributed by atoms with E-state index in [1.807, 2.05) is 19.1 Å². The van der Waals surface area contributed by atoms with E-state index in [4.69, 9.17) is 11.9 Å². The van der Waals surface area contributed by atoms with Crippen LogP contribution in [0.1, 0.15) is 15.9 Å². The molecule has 0 aliphatic carbocycles. The van der Waals surface area contributed by atoms with Crippen molar-refractivity contribution in [1.82, 2.24) is 0 Å². The molecule has 0 amide bonds. The van der Waals surface area contributed by atoms with Crippen LogP contribution in [0, 0.1) is 10.5 Å². The molecule has 0 aliphatic rings. The van der Waals surface area contributed by atoms with Gasteiger partial charge in [-0.1, -0.05) is 6.07 Å². The maximum Gasteiger partial charge on any atom is 0.356 e. The molecule has 0 heterocycles. The van der Waals surface area contributed by atoms with Crippen LogP contribution in [-0.2, 0) is 4.29 Å². The lowest BCUT2D eigenvalue weighted by atomic mass is 10.1. The first-order valence-electron chi connectivity index (χ1n) is 3.24. The second-order valence-corrected chi connectivity index (χ2v) is 3.72. The summed E-state index contributed by atoms with van der Waals surface area (Å²) in [6.07, 6.45) is 0. The third-order valence-corrected chi connectivity index (χ3v) is 2.30. The number of benzene rings is 1. The third-order valence-electron chi connectivity index (χ3n) is 1.49.